The van der Waals surface area contributed by atoms with E-state index in [1.54, 1.807) is 6.92 Å². The Balaban J connectivity index is 1.48. The number of hydrogen-bond donors (Lipinski definition) is 1. The summed E-state index contributed by atoms with van der Waals surface area (Å²) in [4.78, 5) is 12.3. The average Bonchev–Trinajstić information content (AvgIpc) is 3.13. The monoisotopic (exact) mass is 427 g/mol. The number of carbonyl (C=O) groups is 1. The molecule has 3 rings (SSSR count). The minimum Gasteiger partial charge on any atom is -0.480 e. The van der Waals surface area contributed by atoms with Crippen LogP contribution in [-0.4, -0.2) is 28.3 Å². The van der Waals surface area contributed by atoms with Crippen molar-refractivity contribution >= 4 is 21.8 Å². The maximum absolute atomic E-state index is 12.3. The molecule has 1 aromatic heterocycles. The molecule has 0 aliphatic heterocycles. The molecule has 1 amide bonds. The summed E-state index contributed by atoms with van der Waals surface area (Å²) in [6.07, 6.45) is 2.01. The van der Waals surface area contributed by atoms with Crippen molar-refractivity contribution in [3.63, 3.8) is 0 Å². The van der Waals surface area contributed by atoms with Crippen molar-refractivity contribution in [1.82, 2.24) is 15.1 Å². The number of carbonyl (C=O) groups excluding carboxylic acids is 1. The van der Waals surface area contributed by atoms with Gasteiger partial charge in [-0.15, -0.1) is 0 Å². The van der Waals surface area contributed by atoms with Gasteiger partial charge in [0.05, 0.1) is 15.9 Å². The van der Waals surface area contributed by atoms with Crippen LogP contribution in [0.4, 0.5) is 0 Å². The summed E-state index contributed by atoms with van der Waals surface area (Å²) in [7, 11) is 0. The van der Waals surface area contributed by atoms with Crippen LogP contribution < -0.4 is 10.1 Å². The van der Waals surface area contributed by atoms with Crippen molar-refractivity contribution in [3.05, 3.63) is 76.5 Å². The number of nitrogens with one attached hydrogen (secondary N) is 1. The lowest BCUT2D eigenvalue weighted by Gasteiger charge is -2.16. The van der Waals surface area contributed by atoms with Crippen LogP contribution in [0.2, 0.25) is 0 Å². The van der Waals surface area contributed by atoms with Gasteiger partial charge in [-0.3, -0.25) is 4.79 Å². The Labute approximate surface area is 167 Å². The third-order valence-corrected chi connectivity index (χ3v) is 4.73. The Bertz CT molecular complexity index is 909. The Kier molecular flexibility index (Phi) is 6.29. The minimum atomic E-state index is -0.578. The van der Waals surface area contributed by atoms with Gasteiger partial charge in [0.2, 0.25) is 0 Å². The molecule has 5 nitrogen and oxygen atoms in total. The van der Waals surface area contributed by atoms with Gasteiger partial charge >= 0.3 is 0 Å². The average molecular weight is 428 g/mol. The summed E-state index contributed by atoms with van der Waals surface area (Å²) < 4.78 is 8.42. The first-order valence-corrected chi connectivity index (χ1v) is 9.63. The van der Waals surface area contributed by atoms with Crippen molar-refractivity contribution in [1.29, 1.82) is 0 Å². The van der Waals surface area contributed by atoms with E-state index in [0.717, 1.165) is 21.4 Å². The van der Waals surface area contributed by atoms with Crippen LogP contribution in [0.1, 0.15) is 18.2 Å². The molecule has 0 fully saturated rings. The maximum atomic E-state index is 12.3. The highest BCUT2D eigenvalue weighted by molar-refractivity contribution is 9.10. The van der Waals surface area contributed by atoms with Gasteiger partial charge < -0.3 is 10.1 Å². The van der Waals surface area contributed by atoms with Crippen LogP contribution in [0.15, 0.2) is 65.3 Å². The molecule has 0 aliphatic carbocycles. The Morgan fingerprint density at radius 1 is 1.22 bits per heavy atom. The Morgan fingerprint density at radius 3 is 2.74 bits per heavy atom. The number of rotatable bonds is 7. The van der Waals surface area contributed by atoms with Crippen LogP contribution in [-0.2, 0) is 11.2 Å². The number of para-hydroxylation sites is 1. The molecular formula is C21H22BrN3O2. The highest BCUT2D eigenvalue weighted by Crippen LogP contribution is 2.26. The fourth-order valence-corrected chi connectivity index (χ4v) is 3.21. The van der Waals surface area contributed by atoms with Crippen molar-refractivity contribution in [2.24, 2.45) is 0 Å². The lowest BCUT2D eigenvalue weighted by molar-refractivity contribution is -0.127. The third kappa shape index (κ3) is 5.20. The second-order valence-corrected chi connectivity index (χ2v) is 7.18. The van der Waals surface area contributed by atoms with Gasteiger partial charge in [0.15, 0.2) is 6.10 Å². The lowest BCUT2D eigenvalue weighted by atomic mass is 10.2. The van der Waals surface area contributed by atoms with Crippen molar-refractivity contribution < 1.29 is 9.53 Å². The first kappa shape index (κ1) is 19.2. The second kappa shape index (κ2) is 8.86. The van der Waals surface area contributed by atoms with Gasteiger partial charge in [0.25, 0.3) is 5.91 Å². The standard InChI is InChI=1S/C21H22BrN3O2/c1-15-8-9-20(19(22)14-15)27-16(2)21(26)23-12-10-17-11-13-25(24-17)18-6-4-3-5-7-18/h3-9,11,13-14,16H,10,12H2,1-2H3,(H,23,26). The van der Waals surface area contributed by atoms with Crippen molar-refractivity contribution in [2.45, 2.75) is 26.4 Å². The van der Waals surface area contributed by atoms with Crippen molar-refractivity contribution in [2.75, 3.05) is 6.54 Å². The Hall–Kier alpha value is -2.60. The summed E-state index contributed by atoms with van der Waals surface area (Å²) in [6, 6.07) is 17.7. The predicted octanol–water partition coefficient (Wildman–Crippen LogP) is 4.07. The van der Waals surface area contributed by atoms with E-state index in [1.807, 2.05) is 72.4 Å². The molecule has 0 saturated carbocycles. The molecule has 3 aromatic rings. The number of hydrogen-bond acceptors (Lipinski definition) is 3. The van der Waals surface area contributed by atoms with Crippen LogP contribution in [0.3, 0.4) is 0 Å². The van der Waals surface area contributed by atoms with Gasteiger partial charge in [0.1, 0.15) is 5.75 Å². The fraction of sp³-hybridized carbons (Fsp3) is 0.238. The molecule has 0 spiro atoms. The van der Waals surface area contributed by atoms with Gasteiger partial charge in [-0.2, -0.15) is 5.10 Å². The highest BCUT2D eigenvalue weighted by atomic mass is 79.9. The number of benzene rings is 2. The van der Waals surface area contributed by atoms with Gasteiger partial charge in [0, 0.05) is 19.2 Å². The van der Waals surface area contributed by atoms with E-state index in [-0.39, 0.29) is 5.91 Å². The molecule has 6 heteroatoms. The summed E-state index contributed by atoms with van der Waals surface area (Å²) in [5.74, 6) is 0.509. The summed E-state index contributed by atoms with van der Waals surface area (Å²) >= 11 is 3.46. The molecule has 0 radical (unpaired) electrons. The summed E-state index contributed by atoms with van der Waals surface area (Å²) in [6.45, 7) is 4.25. The van der Waals surface area contributed by atoms with Crippen molar-refractivity contribution in [3.8, 4) is 11.4 Å². The molecule has 0 bridgehead atoms. The maximum Gasteiger partial charge on any atom is 0.260 e. The smallest absolute Gasteiger partial charge is 0.260 e. The molecular weight excluding hydrogens is 406 g/mol. The van der Waals surface area contributed by atoms with E-state index >= 15 is 0 Å². The largest absolute Gasteiger partial charge is 0.480 e. The van der Waals surface area contributed by atoms with Crippen LogP contribution in [0.5, 0.6) is 5.75 Å². The zero-order chi connectivity index (χ0) is 19.2. The quantitative estimate of drug-likeness (QED) is 0.618. The van der Waals surface area contributed by atoms with E-state index < -0.39 is 6.10 Å². The molecule has 1 N–H and O–H groups in total. The molecule has 2 aromatic carbocycles. The number of aryl methyl sites for hydroxylation is 1. The molecule has 1 atom stereocenters. The molecule has 140 valence electrons. The van der Waals surface area contributed by atoms with E-state index in [9.17, 15) is 4.79 Å². The van der Waals surface area contributed by atoms with Gasteiger partial charge in [-0.05, 0) is 65.7 Å². The van der Waals surface area contributed by atoms with Crippen LogP contribution >= 0.6 is 15.9 Å². The number of halogens is 1. The zero-order valence-electron chi connectivity index (χ0n) is 15.4. The van der Waals surface area contributed by atoms with Crippen LogP contribution in [0, 0.1) is 6.92 Å². The lowest BCUT2D eigenvalue weighted by Crippen LogP contribution is -2.37. The summed E-state index contributed by atoms with van der Waals surface area (Å²) in [5, 5.41) is 7.44. The number of ether oxygens (including phenoxy) is 1. The van der Waals surface area contributed by atoms with Crippen LogP contribution in [0.25, 0.3) is 5.69 Å². The number of amides is 1. The van der Waals surface area contributed by atoms with E-state index in [1.165, 1.54) is 0 Å². The number of aromatic nitrogens is 2. The van der Waals surface area contributed by atoms with E-state index in [0.29, 0.717) is 18.7 Å². The molecule has 1 unspecified atom stereocenters. The molecule has 1 heterocycles. The second-order valence-electron chi connectivity index (χ2n) is 6.32. The third-order valence-electron chi connectivity index (χ3n) is 4.11. The van der Waals surface area contributed by atoms with E-state index in [2.05, 4.69) is 26.3 Å². The normalized spacial score (nSPS) is 11.8. The first-order chi connectivity index (χ1) is 13.0. The highest BCUT2D eigenvalue weighted by Gasteiger charge is 2.15. The minimum absolute atomic E-state index is 0.148. The SMILES string of the molecule is Cc1ccc(OC(C)C(=O)NCCc2ccn(-c3ccccc3)n2)c(Br)c1. The topological polar surface area (TPSA) is 56.1 Å². The summed E-state index contributed by atoms with van der Waals surface area (Å²) in [5.41, 5.74) is 3.06. The van der Waals surface area contributed by atoms with E-state index in [4.69, 9.17) is 4.74 Å². The molecule has 0 aliphatic rings. The number of nitrogens with zero attached hydrogens (tertiary/aromatic N) is 2. The van der Waals surface area contributed by atoms with Gasteiger partial charge in [-0.25, -0.2) is 4.68 Å². The van der Waals surface area contributed by atoms with Gasteiger partial charge in [-0.1, -0.05) is 24.3 Å². The molecule has 27 heavy (non-hydrogen) atoms. The predicted molar refractivity (Wildman–Crippen MR) is 109 cm³/mol. The zero-order valence-corrected chi connectivity index (χ0v) is 16.9. The Morgan fingerprint density at radius 2 is 2.00 bits per heavy atom. The molecule has 0 saturated heterocycles. The fourth-order valence-electron chi connectivity index (χ4n) is 2.62. The first-order valence-electron chi connectivity index (χ1n) is 8.83.